The first-order valence-corrected chi connectivity index (χ1v) is 10.4. The molecule has 0 unspecified atom stereocenters. The topological polar surface area (TPSA) is 136 Å². The third-order valence-corrected chi connectivity index (χ3v) is 5.98. The third-order valence-electron chi connectivity index (χ3n) is 3.03. The summed E-state index contributed by atoms with van der Waals surface area (Å²) < 4.78 is 7.78. The number of carboxylic acids is 1. The fraction of sp³-hybridized carbons (Fsp3) is 0.438. The zero-order valence-electron chi connectivity index (χ0n) is 15.3. The van der Waals surface area contributed by atoms with Gasteiger partial charge in [0.1, 0.15) is 6.04 Å². The van der Waals surface area contributed by atoms with Crippen molar-refractivity contribution in [3.63, 3.8) is 0 Å². The van der Waals surface area contributed by atoms with Gasteiger partial charge in [-0.2, -0.15) is 0 Å². The van der Waals surface area contributed by atoms with E-state index in [1.807, 2.05) is 0 Å². The smallest absolute Gasteiger partial charge is 0.370 e. The largest absolute Gasteiger partial charge is 0.480 e. The number of hydrogen-bond donors (Lipinski definition) is 2. The molecule has 12 heteroatoms. The van der Waals surface area contributed by atoms with Crippen LogP contribution in [0, 0.1) is 0 Å². The zero-order chi connectivity index (χ0) is 21.3. The predicted octanol–water partition coefficient (Wildman–Crippen LogP) is 2.36. The van der Waals surface area contributed by atoms with Crippen LogP contribution in [0.15, 0.2) is 17.5 Å². The number of amides is 1. The maximum atomic E-state index is 12.4. The van der Waals surface area contributed by atoms with Crippen LogP contribution >= 0.6 is 34.9 Å². The number of aliphatic carboxylic acids is 1. The number of carbonyl (C=O) groups excluding carboxylic acids is 4. The molecular weight excluding hydrogens is 430 g/mol. The van der Waals surface area contributed by atoms with E-state index in [1.165, 1.54) is 25.2 Å². The van der Waals surface area contributed by atoms with Crippen LogP contribution in [0.4, 0.5) is 4.79 Å². The predicted molar refractivity (Wildman–Crippen MR) is 105 cm³/mol. The molecule has 1 aromatic rings. The molecule has 2 N–H and O–H groups in total. The lowest BCUT2D eigenvalue weighted by Crippen LogP contribution is -2.49. The second kappa shape index (κ2) is 11.1. The van der Waals surface area contributed by atoms with Gasteiger partial charge in [0.2, 0.25) is 17.8 Å². The van der Waals surface area contributed by atoms with E-state index < -0.39 is 40.7 Å². The average Bonchev–Trinajstić information content (AvgIpc) is 3.12. The Bertz CT molecular complexity index is 732. The van der Waals surface area contributed by atoms with Gasteiger partial charge in [-0.1, -0.05) is 17.8 Å². The van der Waals surface area contributed by atoms with Gasteiger partial charge in [0.05, 0.1) is 9.62 Å². The Labute approximate surface area is 173 Å². The van der Waals surface area contributed by atoms with Gasteiger partial charge >= 0.3 is 17.2 Å². The van der Waals surface area contributed by atoms with Gasteiger partial charge in [-0.05, 0) is 37.1 Å². The molecule has 1 atom stereocenters. The highest BCUT2D eigenvalue weighted by Gasteiger charge is 2.35. The summed E-state index contributed by atoms with van der Waals surface area (Å²) in [4.78, 5) is 58.6. The summed E-state index contributed by atoms with van der Waals surface area (Å²) in [6, 6.07) is 1.96. The number of rotatable bonds is 9. The minimum atomic E-state index is -1.38. The number of hydrogen-bond acceptors (Lipinski definition) is 10. The van der Waals surface area contributed by atoms with Crippen LogP contribution in [-0.4, -0.2) is 56.7 Å². The molecule has 154 valence electrons. The van der Waals surface area contributed by atoms with Gasteiger partial charge < -0.3 is 19.9 Å². The Hall–Kier alpha value is -2.05. The van der Waals surface area contributed by atoms with Crippen LogP contribution in [-0.2, 0) is 23.9 Å². The van der Waals surface area contributed by atoms with Crippen LogP contribution in [0.3, 0.4) is 0 Å². The summed E-state index contributed by atoms with van der Waals surface area (Å²) in [5, 5.41) is 12.2. The minimum absolute atomic E-state index is 0.301. The van der Waals surface area contributed by atoms with Gasteiger partial charge in [0.25, 0.3) is 0 Å². The summed E-state index contributed by atoms with van der Waals surface area (Å²) >= 11 is 2.53. The second-order valence-corrected chi connectivity index (χ2v) is 9.20. The van der Waals surface area contributed by atoms with Gasteiger partial charge in [-0.3, -0.25) is 14.4 Å². The molecule has 1 heterocycles. The molecule has 9 nitrogen and oxygen atoms in total. The molecule has 1 amide bonds. The van der Waals surface area contributed by atoms with Crippen LogP contribution in [0.25, 0.3) is 0 Å². The van der Waals surface area contributed by atoms with Crippen molar-refractivity contribution in [1.82, 2.24) is 5.32 Å². The maximum absolute atomic E-state index is 12.4. The summed E-state index contributed by atoms with van der Waals surface area (Å²) in [5.74, 6) is -2.95. The van der Waals surface area contributed by atoms with Crippen LogP contribution in [0.2, 0.25) is 0 Å². The molecule has 0 fully saturated rings. The molecule has 1 aromatic heterocycles. The van der Waals surface area contributed by atoms with E-state index in [1.54, 1.807) is 17.5 Å². The van der Waals surface area contributed by atoms with E-state index >= 15 is 0 Å². The minimum Gasteiger partial charge on any atom is -0.480 e. The van der Waals surface area contributed by atoms with Crippen molar-refractivity contribution in [2.45, 2.75) is 31.6 Å². The fourth-order valence-electron chi connectivity index (χ4n) is 1.58. The summed E-state index contributed by atoms with van der Waals surface area (Å²) in [7, 11) is 0. The molecule has 0 bridgehead atoms. The number of nitrogens with one attached hydrogen (secondary N) is 1. The molecule has 1 rings (SSSR count). The van der Waals surface area contributed by atoms with Crippen molar-refractivity contribution in [3.05, 3.63) is 22.4 Å². The number of thiophene rings is 1. The van der Waals surface area contributed by atoms with Crippen molar-refractivity contribution in [3.8, 4) is 0 Å². The van der Waals surface area contributed by atoms with E-state index in [0.29, 0.717) is 16.6 Å². The van der Waals surface area contributed by atoms with E-state index in [9.17, 15) is 29.1 Å². The van der Waals surface area contributed by atoms with E-state index in [-0.39, 0.29) is 10.9 Å². The molecule has 0 saturated carbocycles. The number of carbonyl (C=O) groups is 5. The lowest BCUT2D eigenvalue weighted by molar-refractivity contribution is -0.148. The number of carboxylic acid groups (broad SMARTS) is 1. The summed E-state index contributed by atoms with van der Waals surface area (Å²) in [6.45, 7) is 3.55. The Balaban J connectivity index is 2.58. The van der Waals surface area contributed by atoms with Crippen molar-refractivity contribution >= 4 is 63.1 Å². The SMILES string of the molecule is CC(=O)OCOC(=O)SC[C@H](NC(=O)C(C)(C)SC(=O)c1cccs1)C(=O)O. The average molecular weight is 450 g/mol. The second-order valence-electron chi connectivity index (χ2n) is 5.70. The summed E-state index contributed by atoms with van der Waals surface area (Å²) in [6.07, 6.45) is 0. The Morgan fingerprint density at radius 2 is 1.93 bits per heavy atom. The van der Waals surface area contributed by atoms with Crippen molar-refractivity contribution in [1.29, 1.82) is 0 Å². The standard InChI is InChI=1S/C16H19NO8S3/c1-9(18)24-8-25-15(23)27-7-10(12(19)20)17-14(22)16(2,3)28-13(21)11-5-4-6-26-11/h4-6,10H,7-8H2,1-3H3,(H,17,22)(H,19,20)/t10-/m0/s1. The molecule has 0 saturated heterocycles. The monoisotopic (exact) mass is 449 g/mol. The Morgan fingerprint density at radius 3 is 2.46 bits per heavy atom. The zero-order valence-corrected chi connectivity index (χ0v) is 17.7. The van der Waals surface area contributed by atoms with Gasteiger partial charge in [-0.15, -0.1) is 11.3 Å². The Morgan fingerprint density at radius 1 is 1.25 bits per heavy atom. The van der Waals surface area contributed by atoms with Crippen LogP contribution in [0.5, 0.6) is 0 Å². The van der Waals surface area contributed by atoms with Crippen LogP contribution < -0.4 is 5.32 Å². The van der Waals surface area contributed by atoms with Crippen molar-refractivity contribution < 1.29 is 38.6 Å². The van der Waals surface area contributed by atoms with E-state index in [2.05, 4.69) is 14.8 Å². The molecule has 0 aliphatic carbocycles. The third kappa shape index (κ3) is 8.31. The van der Waals surface area contributed by atoms with Crippen LogP contribution in [0.1, 0.15) is 30.4 Å². The number of thioether (sulfide) groups is 2. The normalized spacial score (nSPS) is 12.0. The highest BCUT2D eigenvalue weighted by molar-refractivity contribution is 8.16. The van der Waals surface area contributed by atoms with E-state index in [0.717, 1.165) is 18.7 Å². The number of esters is 1. The maximum Gasteiger partial charge on any atom is 0.370 e. The molecule has 0 radical (unpaired) electrons. The van der Waals surface area contributed by atoms with Crippen molar-refractivity contribution in [2.75, 3.05) is 12.5 Å². The van der Waals surface area contributed by atoms with Gasteiger partial charge in [-0.25, -0.2) is 9.59 Å². The molecule has 0 aliphatic rings. The van der Waals surface area contributed by atoms with E-state index in [4.69, 9.17) is 0 Å². The Kier molecular flexibility index (Phi) is 9.49. The quantitative estimate of drug-likeness (QED) is 0.427. The highest BCUT2D eigenvalue weighted by Crippen LogP contribution is 2.30. The highest BCUT2D eigenvalue weighted by atomic mass is 32.2. The first-order valence-electron chi connectivity index (χ1n) is 7.76. The molecule has 0 aliphatic heterocycles. The lowest BCUT2D eigenvalue weighted by atomic mass is 10.2. The van der Waals surface area contributed by atoms with Gasteiger partial charge in [0, 0.05) is 12.7 Å². The molecule has 0 aromatic carbocycles. The fourth-order valence-corrected chi connectivity index (χ4v) is 3.85. The summed E-state index contributed by atoms with van der Waals surface area (Å²) in [5.41, 5.74) is 0. The first-order chi connectivity index (χ1) is 13.0. The molecule has 28 heavy (non-hydrogen) atoms. The van der Waals surface area contributed by atoms with Crippen molar-refractivity contribution in [2.24, 2.45) is 0 Å². The van der Waals surface area contributed by atoms with Gasteiger partial charge in [0.15, 0.2) is 0 Å². The molecular formula is C16H19NO8S3. The first kappa shape index (κ1) is 24.0. The molecule has 0 spiro atoms. The number of ether oxygens (including phenoxy) is 2. The lowest BCUT2D eigenvalue weighted by Gasteiger charge is -2.24.